The molecule has 0 spiro atoms. The molecule has 5 atom stereocenters. The zero-order chi connectivity index (χ0) is 24.7. The van der Waals surface area contributed by atoms with Gasteiger partial charge in [0.15, 0.2) is 11.4 Å². The predicted molar refractivity (Wildman–Crippen MR) is 121 cm³/mol. The summed E-state index contributed by atoms with van der Waals surface area (Å²) in [6.07, 6.45) is -2.14. The van der Waals surface area contributed by atoms with Crippen LogP contribution in [-0.4, -0.2) is 54.7 Å². The van der Waals surface area contributed by atoms with Crippen LogP contribution in [0.3, 0.4) is 0 Å². The van der Waals surface area contributed by atoms with Crippen LogP contribution in [0, 0.1) is 11.8 Å². The van der Waals surface area contributed by atoms with Crippen molar-refractivity contribution < 1.29 is 39.9 Å². The number of carbonyl (C=O) groups excluding carboxylic acids is 3. The number of phenols is 1. The topological polar surface area (TPSA) is 178 Å². The first-order chi connectivity index (χ1) is 16.0. The van der Waals surface area contributed by atoms with Crippen LogP contribution in [0.4, 0.5) is 0 Å². The fourth-order valence-electron chi connectivity index (χ4n) is 5.63. The fourth-order valence-corrected chi connectivity index (χ4v) is 6.38. The van der Waals surface area contributed by atoms with Gasteiger partial charge in [0.2, 0.25) is 5.78 Å². The number of benzene rings is 1. The first kappa shape index (κ1) is 22.3. The summed E-state index contributed by atoms with van der Waals surface area (Å²) in [5, 5.41) is 57.2. The smallest absolute Gasteiger partial charge is 0.255 e. The lowest BCUT2D eigenvalue weighted by atomic mass is 9.55. The average molecular weight is 483 g/mol. The van der Waals surface area contributed by atoms with Crippen molar-refractivity contribution in [1.29, 1.82) is 0 Å². The van der Waals surface area contributed by atoms with E-state index in [0.717, 1.165) is 4.88 Å². The third kappa shape index (κ3) is 2.64. The normalized spacial score (nSPS) is 30.7. The Morgan fingerprint density at radius 2 is 1.88 bits per heavy atom. The van der Waals surface area contributed by atoms with Gasteiger partial charge in [-0.1, -0.05) is 19.1 Å². The minimum Gasteiger partial charge on any atom is -0.508 e. The Hall–Kier alpha value is -3.47. The molecule has 10 heteroatoms. The molecule has 3 aliphatic rings. The number of aliphatic hydroxyl groups is 4. The van der Waals surface area contributed by atoms with E-state index in [1.807, 2.05) is 5.38 Å². The maximum atomic E-state index is 13.6. The van der Waals surface area contributed by atoms with Gasteiger partial charge < -0.3 is 31.3 Å². The molecule has 1 aromatic carbocycles. The highest BCUT2D eigenvalue weighted by Crippen LogP contribution is 2.56. The number of rotatable bonds is 2. The molecule has 1 aromatic heterocycles. The van der Waals surface area contributed by atoms with Crippen LogP contribution < -0.4 is 5.73 Å². The Bertz CT molecular complexity index is 1340. The molecular formula is C24H21NO8S. The van der Waals surface area contributed by atoms with Gasteiger partial charge in [-0.15, -0.1) is 11.3 Å². The second-order valence-electron chi connectivity index (χ2n) is 8.89. The minimum atomic E-state index is -2.84. The Kier molecular flexibility index (Phi) is 4.77. The largest absolute Gasteiger partial charge is 0.508 e. The maximum absolute atomic E-state index is 13.6. The van der Waals surface area contributed by atoms with E-state index in [1.54, 1.807) is 31.2 Å². The van der Waals surface area contributed by atoms with Crippen molar-refractivity contribution in [3.63, 3.8) is 0 Å². The number of hydrogen-bond acceptors (Lipinski definition) is 9. The van der Waals surface area contributed by atoms with E-state index in [0.29, 0.717) is 11.1 Å². The molecule has 0 radical (unpaired) electrons. The second kappa shape index (κ2) is 7.26. The summed E-state index contributed by atoms with van der Waals surface area (Å²) in [4.78, 5) is 38.5. The second-order valence-corrected chi connectivity index (χ2v) is 9.84. The lowest BCUT2D eigenvalue weighted by Crippen LogP contribution is -2.63. The monoisotopic (exact) mass is 483 g/mol. The van der Waals surface area contributed by atoms with Gasteiger partial charge in [0.1, 0.15) is 22.8 Å². The Morgan fingerprint density at radius 1 is 1.18 bits per heavy atom. The highest BCUT2D eigenvalue weighted by atomic mass is 32.1. The summed E-state index contributed by atoms with van der Waals surface area (Å²) in [5.74, 6) is -8.63. The van der Waals surface area contributed by atoms with Crippen molar-refractivity contribution in [2.75, 3.05) is 0 Å². The van der Waals surface area contributed by atoms with Gasteiger partial charge in [-0.05, 0) is 29.0 Å². The Balaban J connectivity index is 1.77. The quantitative estimate of drug-likeness (QED) is 0.349. The lowest BCUT2D eigenvalue weighted by molar-refractivity contribution is -0.160. The molecule has 1 amide bonds. The number of ketones is 2. The first-order valence-electron chi connectivity index (χ1n) is 10.6. The van der Waals surface area contributed by atoms with Gasteiger partial charge in [0.25, 0.3) is 5.91 Å². The number of hydrogen-bond donors (Lipinski definition) is 6. The molecule has 3 aliphatic carbocycles. The summed E-state index contributed by atoms with van der Waals surface area (Å²) < 4.78 is 0. The molecule has 1 fully saturated rings. The Morgan fingerprint density at radius 3 is 2.50 bits per heavy atom. The highest BCUT2D eigenvalue weighted by molar-refractivity contribution is 7.13. The molecule has 7 N–H and O–H groups in total. The van der Waals surface area contributed by atoms with Crippen LogP contribution in [-0.2, 0) is 14.4 Å². The van der Waals surface area contributed by atoms with Gasteiger partial charge >= 0.3 is 0 Å². The number of aliphatic hydroxyl groups excluding tert-OH is 3. The van der Waals surface area contributed by atoms with Crippen molar-refractivity contribution in [3.05, 3.63) is 57.7 Å². The van der Waals surface area contributed by atoms with E-state index < -0.39 is 76.0 Å². The molecule has 0 bridgehead atoms. The van der Waals surface area contributed by atoms with Crippen molar-refractivity contribution in [2.24, 2.45) is 17.6 Å². The third-order valence-electron chi connectivity index (χ3n) is 7.29. The van der Waals surface area contributed by atoms with E-state index >= 15 is 0 Å². The third-order valence-corrected chi connectivity index (χ3v) is 8.19. The van der Waals surface area contributed by atoms with Gasteiger partial charge in [-0.3, -0.25) is 14.4 Å². The Labute approximate surface area is 197 Å². The molecule has 0 aliphatic heterocycles. The summed E-state index contributed by atoms with van der Waals surface area (Å²) in [6.45, 7) is 1.69. The number of Topliss-reactive ketones (excluding diaryl/α,β-unsaturated/α-hetero) is 2. The molecule has 0 saturated heterocycles. The molecule has 5 rings (SSSR count). The van der Waals surface area contributed by atoms with Crippen molar-refractivity contribution in [1.82, 2.24) is 0 Å². The van der Waals surface area contributed by atoms with E-state index in [9.17, 15) is 39.9 Å². The SMILES string of the molecule is C[C@H]1c2ccc(-c3cccs3)c(O)c2C(O)=C2C(=O)[C@]3(O)C(O)=C(C(N)=O)C(=O)C[C@@H]3[C@@H](O)[C@@H]21. The van der Waals surface area contributed by atoms with Crippen LogP contribution in [0.2, 0.25) is 0 Å². The van der Waals surface area contributed by atoms with Crippen LogP contribution in [0.5, 0.6) is 5.75 Å². The van der Waals surface area contributed by atoms with Gasteiger partial charge in [-0.2, -0.15) is 0 Å². The number of fused-ring (bicyclic) bond motifs is 3. The minimum absolute atomic E-state index is 0.0160. The number of primary amides is 1. The zero-order valence-electron chi connectivity index (χ0n) is 17.8. The average Bonchev–Trinajstić information content (AvgIpc) is 3.31. The molecule has 34 heavy (non-hydrogen) atoms. The van der Waals surface area contributed by atoms with Crippen molar-refractivity contribution >= 4 is 34.6 Å². The first-order valence-corrected chi connectivity index (χ1v) is 11.4. The molecule has 9 nitrogen and oxygen atoms in total. The molecule has 2 aromatic rings. The van der Waals surface area contributed by atoms with Gasteiger partial charge in [0.05, 0.1) is 11.7 Å². The maximum Gasteiger partial charge on any atom is 0.255 e. The van der Waals surface area contributed by atoms with E-state index in [1.165, 1.54) is 11.3 Å². The van der Waals surface area contributed by atoms with E-state index in [4.69, 9.17) is 5.73 Å². The van der Waals surface area contributed by atoms with Crippen LogP contribution >= 0.6 is 11.3 Å². The van der Waals surface area contributed by atoms with Crippen molar-refractivity contribution in [3.8, 4) is 16.2 Å². The van der Waals surface area contributed by atoms with Crippen molar-refractivity contribution in [2.45, 2.75) is 31.0 Å². The lowest BCUT2D eigenvalue weighted by Gasteiger charge is -2.50. The summed E-state index contributed by atoms with van der Waals surface area (Å²) in [6, 6.07) is 6.94. The highest BCUT2D eigenvalue weighted by Gasteiger charge is 2.64. The van der Waals surface area contributed by atoms with Crippen LogP contribution in [0.15, 0.2) is 46.6 Å². The summed E-state index contributed by atoms with van der Waals surface area (Å²) in [5.41, 5.74) is 1.92. The standard InChI is InChI=1S/C24H21NO8S/c1-8-9-4-5-10(13-3-2-6-34-13)18(27)15(9)20(29)17-14(8)19(28)11-7-12(26)16(23(25)32)21(30)24(11,33)22(17)31/h2-6,8,11,14,19,27-30,33H,7H2,1H3,(H2,25,32)/t8-,11+,14+,19+,24+/m0/s1. The predicted octanol–water partition coefficient (Wildman–Crippen LogP) is 1.68. The molecule has 1 heterocycles. The molecule has 1 saturated carbocycles. The number of nitrogens with two attached hydrogens (primary N) is 1. The van der Waals surface area contributed by atoms with Crippen LogP contribution in [0.25, 0.3) is 16.2 Å². The van der Waals surface area contributed by atoms with E-state index in [2.05, 4.69) is 0 Å². The van der Waals surface area contributed by atoms with E-state index in [-0.39, 0.29) is 11.3 Å². The number of aromatic hydroxyl groups is 1. The number of phenolic OH excluding ortho intramolecular Hbond substituents is 1. The molecular weight excluding hydrogens is 462 g/mol. The number of amides is 1. The summed E-state index contributed by atoms with van der Waals surface area (Å²) >= 11 is 1.36. The summed E-state index contributed by atoms with van der Waals surface area (Å²) in [7, 11) is 0. The van der Waals surface area contributed by atoms with Crippen LogP contribution in [0.1, 0.15) is 30.4 Å². The fraction of sp³-hybridized carbons (Fsp3) is 0.292. The number of carbonyl (C=O) groups is 3. The molecule has 176 valence electrons. The number of thiophene rings is 1. The zero-order valence-corrected chi connectivity index (χ0v) is 18.7. The molecule has 0 unspecified atom stereocenters. The van der Waals surface area contributed by atoms with Gasteiger partial charge in [-0.25, -0.2) is 0 Å². The van der Waals surface area contributed by atoms with Gasteiger partial charge in [0, 0.05) is 34.3 Å².